The van der Waals surface area contributed by atoms with Gasteiger partial charge >= 0.3 is 11.8 Å². The van der Waals surface area contributed by atoms with Gasteiger partial charge in [0.05, 0.1) is 22.7 Å². The summed E-state index contributed by atoms with van der Waals surface area (Å²) in [5.74, 6) is 0.379. The zero-order chi connectivity index (χ0) is 20.2. The highest BCUT2D eigenvalue weighted by atomic mass is 35.5. The van der Waals surface area contributed by atoms with Crippen molar-refractivity contribution in [2.75, 3.05) is 11.6 Å². The quantitative estimate of drug-likeness (QED) is 0.502. The molecule has 8 heteroatoms. The standard InChI is InChI=1S/C20H15ClF3NO3/c1-10-11(2)19(26)28-17-14(10)7-16(21)18-15(17)8-25(9-27-18)13-5-3-4-12(6-13)20(22,23)24/h3-7H,8-9H2,1-2H3. The summed E-state index contributed by atoms with van der Waals surface area (Å²) in [6.45, 7) is 3.68. The number of hydrogen-bond donors (Lipinski definition) is 0. The Balaban J connectivity index is 1.84. The Labute approximate surface area is 163 Å². The number of ether oxygens (including phenoxy) is 1. The Hall–Kier alpha value is -2.67. The number of anilines is 1. The first kappa shape index (κ1) is 18.7. The first-order valence-corrected chi connectivity index (χ1v) is 8.85. The predicted octanol–water partition coefficient (Wildman–Crippen LogP) is 5.44. The van der Waals surface area contributed by atoms with Crippen molar-refractivity contribution in [2.45, 2.75) is 26.6 Å². The number of rotatable bonds is 1. The summed E-state index contributed by atoms with van der Waals surface area (Å²) >= 11 is 6.35. The summed E-state index contributed by atoms with van der Waals surface area (Å²) in [6.07, 6.45) is -4.44. The van der Waals surface area contributed by atoms with Gasteiger partial charge in [-0.2, -0.15) is 13.2 Å². The molecule has 1 aliphatic heterocycles. The molecule has 0 aliphatic carbocycles. The molecule has 0 N–H and O–H groups in total. The second-order valence-electron chi connectivity index (χ2n) is 6.70. The minimum atomic E-state index is -4.44. The van der Waals surface area contributed by atoms with E-state index in [9.17, 15) is 18.0 Å². The molecule has 0 saturated carbocycles. The zero-order valence-corrected chi connectivity index (χ0v) is 15.7. The van der Waals surface area contributed by atoms with Crippen LogP contribution in [0.15, 0.2) is 39.5 Å². The number of hydrogen-bond acceptors (Lipinski definition) is 4. The van der Waals surface area contributed by atoms with E-state index in [1.54, 1.807) is 30.9 Å². The van der Waals surface area contributed by atoms with Gasteiger partial charge < -0.3 is 14.1 Å². The maximum Gasteiger partial charge on any atom is 0.416 e. The maximum absolute atomic E-state index is 13.0. The zero-order valence-electron chi connectivity index (χ0n) is 15.0. The van der Waals surface area contributed by atoms with E-state index in [2.05, 4.69) is 0 Å². The first-order chi connectivity index (χ1) is 13.2. The SMILES string of the molecule is Cc1c(C)c2cc(Cl)c3c(c2oc1=O)CN(c1cccc(C(F)(F)F)c1)CO3. The minimum absolute atomic E-state index is 0.0224. The highest BCUT2D eigenvalue weighted by molar-refractivity contribution is 6.33. The van der Waals surface area contributed by atoms with E-state index in [-0.39, 0.29) is 13.3 Å². The van der Waals surface area contributed by atoms with Gasteiger partial charge in [0, 0.05) is 16.6 Å². The minimum Gasteiger partial charge on any atom is -0.471 e. The van der Waals surface area contributed by atoms with Crippen LogP contribution in [0.3, 0.4) is 0 Å². The number of alkyl halides is 3. The summed E-state index contributed by atoms with van der Waals surface area (Å²) in [5.41, 5.74) is 1.23. The summed E-state index contributed by atoms with van der Waals surface area (Å²) in [7, 11) is 0. The highest BCUT2D eigenvalue weighted by Gasteiger charge is 2.32. The lowest BCUT2D eigenvalue weighted by atomic mass is 10.0. The Morgan fingerprint density at radius 1 is 1.14 bits per heavy atom. The van der Waals surface area contributed by atoms with Gasteiger partial charge in [0.1, 0.15) is 11.3 Å². The molecular weight excluding hydrogens is 395 g/mol. The predicted molar refractivity (Wildman–Crippen MR) is 100 cm³/mol. The van der Waals surface area contributed by atoms with Crippen LogP contribution in [-0.2, 0) is 12.7 Å². The van der Waals surface area contributed by atoms with Gasteiger partial charge in [0.25, 0.3) is 0 Å². The fraction of sp³-hybridized carbons (Fsp3) is 0.250. The van der Waals surface area contributed by atoms with E-state index in [0.717, 1.165) is 17.7 Å². The fourth-order valence-corrected chi connectivity index (χ4v) is 3.59. The van der Waals surface area contributed by atoms with Crippen LogP contribution in [0.1, 0.15) is 22.3 Å². The molecule has 2 heterocycles. The van der Waals surface area contributed by atoms with Crippen molar-refractivity contribution in [3.63, 3.8) is 0 Å². The van der Waals surface area contributed by atoms with Crippen LogP contribution < -0.4 is 15.3 Å². The second kappa shape index (κ2) is 6.44. The molecule has 2 aromatic carbocycles. The molecule has 0 unspecified atom stereocenters. The monoisotopic (exact) mass is 409 g/mol. The molecule has 0 radical (unpaired) electrons. The molecule has 0 spiro atoms. The van der Waals surface area contributed by atoms with Crippen LogP contribution in [-0.4, -0.2) is 6.73 Å². The van der Waals surface area contributed by atoms with Crippen LogP contribution in [0.2, 0.25) is 5.02 Å². The summed E-state index contributed by atoms with van der Waals surface area (Å²) < 4.78 is 50.3. The molecular formula is C20H15ClF3NO3. The third-order valence-corrected chi connectivity index (χ3v) is 5.28. The molecule has 1 aromatic heterocycles. The van der Waals surface area contributed by atoms with Crippen LogP contribution in [0.5, 0.6) is 5.75 Å². The topological polar surface area (TPSA) is 42.7 Å². The van der Waals surface area contributed by atoms with Crippen LogP contribution in [0.4, 0.5) is 18.9 Å². The van der Waals surface area contributed by atoms with Gasteiger partial charge in [0.15, 0.2) is 6.73 Å². The largest absolute Gasteiger partial charge is 0.471 e. The number of halogens is 4. The summed E-state index contributed by atoms with van der Waals surface area (Å²) in [6, 6.07) is 6.67. The lowest BCUT2D eigenvalue weighted by Gasteiger charge is -2.32. The van der Waals surface area contributed by atoms with Crippen LogP contribution in [0.25, 0.3) is 11.0 Å². The van der Waals surface area contributed by atoms with Gasteiger partial charge in [-0.25, -0.2) is 4.79 Å². The van der Waals surface area contributed by atoms with E-state index >= 15 is 0 Å². The number of fused-ring (bicyclic) bond motifs is 3. The van der Waals surface area contributed by atoms with Crippen molar-refractivity contribution < 1.29 is 22.3 Å². The fourth-order valence-electron chi connectivity index (χ4n) is 3.31. The van der Waals surface area contributed by atoms with Gasteiger partial charge in [0.2, 0.25) is 0 Å². The molecule has 28 heavy (non-hydrogen) atoms. The van der Waals surface area contributed by atoms with E-state index in [4.69, 9.17) is 20.8 Å². The van der Waals surface area contributed by atoms with Gasteiger partial charge in [-0.15, -0.1) is 0 Å². The highest BCUT2D eigenvalue weighted by Crippen LogP contribution is 2.41. The number of nitrogens with zero attached hydrogens (tertiary/aromatic N) is 1. The smallest absolute Gasteiger partial charge is 0.416 e. The summed E-state index contributed by atoms with van der Waals surface area (Å²) in [4.78, 5) is 13.8. The number of benzene rings is 2. The Morgan fingerprint density at radius 2 is 1.89 bits per heavy atom. The van der Waals surface area contributed by atoms with Crippen molar-refractivity contribution in [3.05, 3.63) is 68.0 Å². The third kappa shape index (κ3) is 2.99. The van der Waals surface area contributed by atoms with Crippen molar-refractivity contribution in [1.82, 2.24) is 0 Å². The Bertz CT molecular complexity index is 1150. The van der Waals surface area contributed by atoms with Crippen molar-refractivity contribution in [3.8, 4) is 5.75 Å². The molecule has 1 aliphatic rings. The molecule has 146 valence electrons. The summed E-state index contributed by atoms with van der Waals surface area (Å²) in [5, 5.41) is 1.04. The Morgan fingerprint density at radius 3 is 2.61 bits per heavy atom. The molecule has 0 fully saturated rings. The average Bonchev–Trinajstić information content (AvgIpc) is 2.66. The van der Waals surface area contributed by atoms with Gasteiger partial charge in [-0.05, 0) is 43.7 Å². The number of aryl methyl sites for hydroxylation is 1. The van der Waals surface area contributed by atoms with E-state index < -0.39 is 17.4 Å². The second-order valence-corrected chi connectivity index (χ2v) is 7.11. The lowest BCUT2D eigenvalue weighted by molar-refractivity contribution is -0.137. The van der Waals surface area contributed by atoms with Crippen LogP contribution in [0, 0.1) is 13.8 Å². The average molecular weight is 410 g/mol. The molecule has 0 bridgehead atoms. The Kier molecular flexibility index (Phi) is 4.30. The van der Waals surface area contributed by atoms with Gasteiger partial charge in [-0.1, -0.05) is 17.7 Å². The lowest BCUT2D eigenvalue weighted by Crippen LogP contribution is -2.32. The van der Waals surface area contributed by atoms with Crippen molar-refractivity contribution in [1.29, 1.82) is 0 Å². The molecule has 0 saturated heterocycles. The van der Waals surface area contributed by atoms with Gasteiger partial charge in [-0.3, -0.25) is 0 Å². The normalized spacial score (nSPS) is 14.1. The molecule has 0 atom stereocenters. The molecule has 4 nitrogen and oxygen atoms in total. The first-order valence-electron chi connectivity index (χ1n) is 8.47. The molecule has 4 rings (SSSR count). The maximum atomic E-state index is 13.0. The van der Waals surface area contributed by atoms with Crippen LogP contribution >= 0.6 is 11.6 Å². The molecule has 0 amide bonds. The third-order valence-electron chi connectivity index (χ3n) is 5.00. The van der Waals surface area contributed by atoms with E-state index in [0.29, 0.717) is 38.6 Å². The van der Waals surface area contributed by atoms with E-state index in [1.165, 1.54) is 6.07 Å². The van der Waals surface area contributed by atoms with Crippen molar-refractivity contribution >= 4 is 28.3 Å². The molecule has 3 aromatic rings. The van der Waals surface area contributed by atoms with E-state index in [1.807, 2.05) is 0 Å². The van der Waals surface area contributed by atoms with Crippen molar-refractivity contribution in [2.24, 2.45) is 0 Å².